The quantitative estimate of drug-likeness (QED) is 0.304. The summed E-state index contributed by atoms with van der Waals surface area (Å²) in [6.45, 7) is 0. The van der Waals surface area contributed by atoms with Gasteiger partial charge < -0.3 is 5.73 Å². The summed E-state index contributed by atoms with van der Waals surface area (Å²) in [5, 5.41) is -4.90. The van der Waals surface area contributed by atoms with Gasteiger partial charge in [0.15, 0.2) is 0 Å². The van der Waals surface area contributed by atoms with E-state index in [2.05, 4.69) is 4.28 Å². The lowest BCUT2D eigenvalue weighted by Gasteiger charge is -2.68. The lowest BCUT2D eigenvalue weighted by atomic mass is 9.19. The number of hydrogen-bond donors (Lipinski definition) is 2. The van der Waals surface area contributed by atoms with Crippen molar-refractivity contribution in [2.45, 2.75) is 21.8 Å². The van der Waals surface area contributed by atoms with Gasteiger partial charge in [0.1, 0.15) is 6.04 Å². The van der Waals surface area contributed by atoms with Gasteiger partial charge in [-0.2, -0.15) is 13.5 Å². The number of rotatable bonds is 4. The van der Waals surface area contributed by atoms with E-state index in [1.54, 1.807) is 0 Å². The lowest BCUT2D eigenvalue weighted by Crippen LogP contribution is -2.85. The zero-order valence-corrected chi connectivity index (χ0v) is 10.4. The van der Waals surface area contributed by atoms with Gasteiger partial charge in [-0.05, 0) is 0 Å². The van der Waals surface area contributed by atoms with Gasteiger partial charge in [-0.15, -0.1) is 14.5 Å². The molecule has 1 fully saturated rings. The van der Waals surface area contributed by atoms with E-state index in [0.717, 1.165) is 0 Å². The smallest absolute Gasteiger partial charge is 0.318 e. The Kier molecular flexibility index (Phi) is 3.83. The number of hydroxylamine groups is 2. The van der Waals surface area contributed by atoms with Gasteiger partial charge in [-0.3, -0.25) is 9.35 Å². The van der Waals surface area contributed by atoms with E-state index in [9.17, 15) is 13.2 Å². The number of hydrogen-bond acceptors (Lipinski definition) is 5. The van der Waals surface area contributed by atoms with Gasteiger partial charge in [0, 0.05) is 0 Å². The Morgan fingerprint density at radius 1 is 1.21 bits per heavy atom. The van der Waals surface area contributed by atoms with Crippen LogP contribution in [0.1, 0.15) is 0 Å². The van der Waals surface area contributed by atoms with Crippen molar-refractivity contribution in [1.29, 1.82) is 0 Å². The SMILES string of the molecule is [B]C([B])([B])C1(C([B])([B])[B])[C@H](N)C(=O)N1OS(=O)(=O)O. The minimum absolute atomic E-state index is 0.0486. The minimum atomic E-state index is -5.12. The predicted octanol–water partition coefficient (Wildman–Crippen LogP) is -4.21. The van der Waals surface area contributed by atoms with Crippen LogP contribution in [0.5, 0.6) is 0 Å². The molecule has 0 aromatic rings. The molecule has 14 heteroatoms. The molecule has 7 nitrogen and oxygen atoms in total. The van der Waals surface area contributed by atoms with Crippen LogP contribution in [0, 0.1) is 0 Å². The van der Waals surface area contributed by atoms with E-state index in [1.807, 2.05) is 0 Å². The van der Waals surface area contributed by atoms with Crippen LogP contribution in [0.15, 0.2) is 0 Å². The highest BCUT2D eigenvalue weighted by Gasteiger charge is 2.69. The molecule has 1 atom stereocenters. The number of nitrogens with zero attached hydrogens (tertiary/aromatic N) is 1. The third-order valence-electron chi connectivity index (χ3n) is 2.73. The van der Waals surface area contributed by atoms with Crippen molar-refractivity contribution in [2.75, 3.05) is 0 Å². The molecule has 0 spiro atoms. The third-order valence-corrected chi connectivity index (χ3v) is 3.06. The Morgan fingerprint density at radius 3 is 1.84 bits per heavy atom. The fraction of sp³-hybridized carbons (Fsp3) is 0.800. The van der Waals surface area contributed by atoms with Crippen LogP contribution in [0.4, 0.5) is 0 Å². The van der Waals surface area contributed by atoms with Crippen LogP contribution in [-0.4, -0.2) is 82.6 Å². The van der Waals surface area contributed by atoms with Gasteiger partial charge in [0.2, 0.25) is 0 Å². The van der Waals surface area contributed by atoms with Crippen LogP contribution in [0.3, 0.4) is 0 Å². The van der Waals surface area contributed by atoms with E-state index in [4.69, 9.17) is 57.4 Å². The normalized spacial score (nSPS) is 24.0. The van der Waals surface area contributed by atoms with Gasteiger partial charge in [0.25, 0.3) is 5.91 Å². The van der Waals surface area contributed by atoms with E-state index in [0.29, 0.717) is 0 Å². The molecule has 3 N–H and O–H groups in total. The van der Waals surface area contributed by atoms with Crippen molar-refractivity contribution in [3.8, 4) is 0 Å². The molecule has 0 aromatic heterocycles. The van der Waals surface area contributed by atoms with Crippen molar-refractivity contribution in [3.05, 3.63) is 0 Å². The number of amides is 1. The van der Waals surface area contributed by atoms with Crippen LogP contribution in [0.25, 0.3) is 0 Å². The highest BCUT2D eigenvalue weighted by atomic mass is 32.3. The number of β-lactam (4-membered cyclic amide) rings is 1. The topological polar surface area (TPSA) is 110 Å². The van der Waals surface area contributed by atoms with Crippen LogP contribution < -0.4 is 5.73 Å². The Balaban J connectivity index is 3.41. The molecule has 19 heavy (non-hydrogen) atoms. The zero-order chi connectivity index (χ0) is 15.4. The molecule has 1 rings (SSSR count). The van der Waals surface area contributed by atoms with Crippen LogP contribution in [0.2, 0.25) is 10.2 Å². The van der Waals surface area contributed by atoms with E-state index in [-0.39, 0.29) is 5.06 Å². The van der Waals surface area contributed by atoms with Gasteiger partial charge in [0.05, 0.1) is 52.6 Å². The first kappa shape index (κ1) is 16.7. The van der Waals surface area contributed by atoms with Gasteiger partial charge >= 0.3 is 10.4 Å². The molecular weight excluding hydrogens is 265 g/mol. The first-order valence-electron chi connectivity index (χ1n) is 4.66. The van der Waals surface area contributed by atoms with Crippen molar-refractivity contribution in [1.82, 2.24) is 5.06 Å². The van der Waals surface area contributed by atoms with Gasteiger partial charge in [-0.25, -0.2) is 0 Å². The molecule has 1 heterocycles. The van der Waals surface area contributed by atoms with Crippen LogP contribution in [-0.2, 0) is 19.5 Å². The Bertz CT molecular complexity index is 483. The van der Waals surface area contributed by atoms with Gasteiger partial charge in [-0.1, -0.05) is 0 Å². The fourth-order valence-corrected chi connectivity index (χ4v) is 2.37. The molecule has 1 amide bonds. The average Bonchev–Trinajstić information content (AvgIpc) is 2.10. The van der Waals surface area contributed by atoms with Crippen molar-refractivity contribution < 1.29 is 22.0 Å². The second-order valence-corrected chi connectivity index (χ2v) is 5.25. The van der Waals surface area contributed by atoms with Crippen molar-refractivity contribution >= 4 is 63.4 Å². The van der Waals surface area contributed by atoms with Crippen molar-refractivity contribution in [2.24, 2.45) is 5.73 Å². The molecule has 1 saturated heterocycles. The van der Waals surface area contributed by atoms with Crippen LogP contribution >= 0.6 is 0 Å². The highest BCUT2D eigenvalue weighted by molar-refractivity contribution is 7.80. The second kappa shape index (κ2) is 4.34. The molecule has 0 aliphatic carbocycles. The summed E-state index contributed by atoms with van der Waals surface area (Å²) in [4.78, 5) is 11.5. The summed E-state index contributed by atoms with van der Waals surface area (Å²) in [5.74, 6) is -1.14. The summed E-state index contributed by atoms with van der Waals surface area (Å²) in [5.41, 5.74) is 3.07. The van der Waals surface area contributed by atoms with E-state index < -0.39 is 38.1 Å². The Hall–Kier alpha value is -0.310. The monoisotopic (exact) mass is 270 g/mol. The molecule has 0 bridgehead atoms. The molecule has 0 unspecified atom stereocenters. The van der Waals surface area contributed by atoms with E-state index >= 15 is 0 Å². The first-order valence-corrected chi connectivity index (χ1v) is 6.02. The molecule has 0 saturated carbocycles. The molecule has 1 aliphatic rings. The second-order valence-electron chi connectivity index (χ2n) is 4.24. The predicted molar refractivity (Wildman–Crippen MR) is 70.1 cm³/mol. The standard InChI is InChI=1S/C5H4B6N2O5S/c6-4(7,8)3(5(9,10)11)1(12)2(14)13(3)18-19(15,16)17/h1H,12H2,(H,15,16,17)/t1-/m1/s1. The summed E-state index contributed by atoms with van der Waals surface area (Å²) in [7, 11) is 27.3. The summed E-state index contributed by atoms with van der Waals surface area (Å²) >= 11 is 0. The van der Waals surface area contributed by atoms with Crippen molar-refractivity contribution in [3.63, 3.8) is 0 Å². The fourth-order valence-electron chi connectivity index (χ4n) is 1.99. The molecule has 88 valence electrons. The van der Waals surface area contributed by atoms with E-state index in [1.165, 1.54) is 0 Å². The number of carbonyl (C=O) groups is 1. The number of nitrogens with two attached hydrogens (primary N) is 1. The first-order chi connectivity index (χ1) is 8.16. The zero-order valence-electron chi connectivity index (χ0n) is 9.55. The molecule has 1 aliphatic heterocycles. The summed E-state index contributed by atoms with van der Waals surface area (Å²) < 4.78 is 33.9. The maximum Gasteiger partial charge on any atom is 0.418 e. The number of carbonyl (C=O) groups excluding carboxylic acids is 1. The lowest BCUT2D eigenvalue weighted by molar-refractivity contribution is -0.222. The molecule has 0 aromatic carbocycles. The largest absolute Gasteiger partial charge is 0.418 e. The summed E-state index contributed by atoms with van der Waals surface area (Å²) in [6.07, 6.45) is 0. The molecule has 12 radical (unpaired) electrons. The maximum atomic E-state index is 11.5. The third kappa shape index (κ3) is 2.39. The minimum Gasteiger partial charge on any atom is -0.318 e. The maximum absolute atomic E-state index is 11.5. The Morgan fingerprint density at radius 2 is 1.58 bits per heavy atom. The highest BCUT2D eigenvalue weighted by Crippen LogP contribution is 2.55. The summed E-state index contributed by atoms with van der Waals surface area (Å²) in [6, 6.07) is -1.64. The Labute approximate surface area is 118 Å². The average molecular weight is 269 g/mol. The molecular formula is C5H4B6N2O5S.